The Bertz CT molecular complexity index is 1880. The number of aromatic nitrogens is 2. The van der Waals surface area contributed by atoms with Gasteiger partial charge < -0.3 is 19.1 Å². The highest BCUT2D eigenvalue weighted by atomic mass is 35.5. The number of hydrogen-bond acceptors (Lipinski definition) is 10. The Balaban J connectivity index is 1.54. The van der Waals surface area contributed by atoms with Gasteiger partial charge in [0, 0.05) is 61.5 Å². The highest BCUT2D eigenvalue weighted by Gasteiger charge is 2.54. The molecule has 0 radical (unpaired) electrons. The lowest BCUT2D eigenvalue weighted by Gasteiger charge is -2.47. The lowest BCUT2D eigenvalue weighted by molar-refractivity contribution is 0.124. The van der Waals surface area contributed by atoms with Gasteiger partial charge in [0.15, 0.2) is 0 Å². The second-order valence-corrected chi connectivity index (χ2v) is 12.8. The lowest BCUT2D eigenvalue weighted by atomic mass is 9.82. The number of methoxy groups -OCH3 is 3. The van der Waals surface area contributed by atoms with Gasteiger partial charge in [-0.05, 0) is 54.6 Å². The van der Waals surface area contributed by atoms with Crippen molar-refractivity contribution >= 4 is 33.0 Å². The molecular formula is C32H31ClN6O5S. The third-order valence-corrected chi connectivity index (χ3v) is 10.5. The second kappa shape index (κ2) is 12.1. The van der Waals surface area contributed by atoms with Gasteiger partial charge in [-0.1, -0.05) is 11.6 Å². The van der Waals surface area contributed by atoms with E-state index in [1.807, 2.05) is 18.2 Å². The Morgan fingerprint density at radius 1 is 0.889 bits per heavy atom. The largest absolute Gasteiger partial charge is 0.497 e. The highest BCUT2D eigenvalue weighted by molar-refractivity contribution is 7.93. The van der Waals surface area contributed by atoms with Crippen molar-refractivity contribution in [2.75, 3.05) is 63.3 Å². The number of anilines is 2. The summed E-state index contributed by atoms with van der Waals surface area (Å²) in [4.78, 5) is 13.1. The van der Waals surface area contributed by atoms with E-state index in [-0.39, 0.29) is 28.2 Å². The van der Waals surface area contributed by atoms with E-state index in [9.17, 15) is 13.7 Å². The van der Waals surface area contributed by atoms with E-state index in [1.54, 1.807) is 48.8 Å². The van der Waals surface area contributed by atoms with E-state index >= 15 is 0 Å². The summed E-state index contributed by atoms with van der Waals surface area (Å²) in [6.07, 6.45) is 3.53. The first-order chi connectivity index (χ1) is 21.8. The number of hydrogen-bond donors (Lipinski definition) is 0. The van der Waals surface area contributed by atoms with E-state index in [0.717, 1.165) is 5.69 Å². The molecular weight excluding hydrogens is 616 g/mol. The van der Waals surface area contributed by atoms with Crippen LogP contribution in [0.25, 0.3) is 0 Å². The molecule has 2 aliphatic heterocycles. The SMILES string of the molecule is COc1ccc(S(=O)(=O)N2CC(c3ccc(Cl)nc3OC)(N3CCN(c4ccncc4)CC3)c3cc(C#N)ccc32)c(OC)c1. The molecule has 0 bridgehead atoms. The van der Waals surface area contributed by atoms with Gasteiger partial charge in [0.05, 0.1) is 50.7 Å². The average Bonchev–Trinajstić information content (AvgIpc) is 3.44. The summed E-state index contributed by atoms with van der Waals surface area (Å²) in [5.41, 5.74) is 2.11. The van der Waals surface area contributed by atoms with Crippen molar-refractivity contribution in [3.05, 3.63) is 94.9 Å². The zero-order chi connectivity index (χ0) is 31.8. The van der Waals surface area contributed by atoms with Gasteiger partial charge in [-0.2, -0.15) is 5.26 Å². The maximum Gasteiger partial charge on any atom is 0.268 e. The summed E-state index contributed by atoms with van der Waals surface area (Å²) < 4.78 is 47.2. The Hall–Kier alpha value is -4.57. The molecule has 13 heteroatoms. The Morgan fingerprint density at radius 3 is 2.31 bits per heavy atom. The Morgan fingerprint density at radius 2 is 1.64 bits per heavy atom. The molecule has 232 valence electrons. The molecule has 1 saturated heterocycles. The van der Waals surface area contributed by atoms with Crippen molar-refractivity contribution in [1.82, 2.24) is 14.9 Å². The van der Waals surface area contributed by atoms with E-state index in [2.05, 4.69) is 25.8 Å². The molecule has 2 aromatic carbocycles. The van der Waals surface area contributed by atoms with Crippen molar-refractivity contribution in [3.63, 3.8) is 0 Å². The number of sulfonamides is 1. The minimum atomic E-state index is -4.20. The molecule has 0 N–H and O–H groups in total. The van der Waals surface area contributed by atoms with Crippen LogP contribution in [0.3, 0.4) is 0 Å². The fraction of sp³-hybridized carbons (Fsp3) is 0.281. The minimum absolute atomic E-state index is 0.0103. The number of piperazine rings is 1. The lowest BCUT2D eigenvalue weighted by Crippen LogP contribution is -2.58. The summed E-state index contributed by atoms with van der Waals surface area (Å²) in [7, 11) is 0.231. The maximum atomic E-state index is 14.6. The number of pyridine rings is 2. The third kappa shape index (κ3) is 5.16. The van der Waals surface area contributed by atoms with Crippen molar-refractivity contribution in [3.8, 4) is 23.4 Å². The number of ether oxygens (including phenoxy) is 3. The van der Waals surface area contributed by atoms with Crippen LogP contribution in [-0.4, -0.2) is 77.3 Å². The van der Waals surface area contributed by atoms with Gasteiger partial charge in [0.25, 0.3) is 10.0 Å². The molecule has 2 aromatic heterocycles. The van der Waals surface area contributed by atoms with Gasteiger partial charge in [-0.25, -0.2) is 13.4 Å². The van der Waals surface area contributed by atoms with E-state index in [0.29, 0.717) is 54.3 Å². The molecule has 4 heterocycles. The number of halogens is 1. The molecule has 6 rings (SSSR count). The molecule has 1 fully saturated rings. The van der Waals surface area contributed by atoms with Gasteiger partial charge in [0.2, 0.25) is 5.88 Å². The van der Waals surface area contributed by atoms with Gasteiger partial charge >= 0.3 is 0 Å². The number of nitrogens with zero attached hydrogens (tertiary/aromatic N) is 6. The van der Waals surface area contributed by atoms with Gasteiger partial charge in [-0.15, -0.1) is 0 Å². The first-order valence-corrected chi connectivity index (χ1v) is 16.0. The Labute approximate surface area is 267 Å². The first kappa shape index (κ1) is 30.5. The summed E-state index contributed by atoms with van der Waals surface area (Å²) in [5.74, 6) is 0.886. The zero-order valence-electron chi connectivity index (χ0n) is 25.0. The van der Waals surface area contributed by atoms with Crippen LogP contribution in [0.5, 0.6) is 17.4 Å². The van der Waals surface area contributed by atoms with Gasteiger partial charge in [0.1, 0.15) is 21.5 Å². The standard InChI is InChI=1S/C32H31ClN6O5S/c1-42-24-5-8-29(28(19-24)43-2)45(40,41)39-21-32(25-6-9-30(33)36-31(25)44-3,26-18-22(20-34)4-7-27(26)39)38-16-14-37(15-17-38)23-10-12-35-13-11-23/h4-13,18-19H,14-17,21H2,1-3H3. The highest BCUT2D eigenvalue weighted by Crippen LogP contribution is 2.52. The van der Waals surface area contributed by atoms with Crippen molar-refractivity contribution < 1.29 is 22.6 Å². The predicted molar refractivity (Wildman–Crippen MR) is 170 cm³/mol. The van der Waals surface area contributed by atoms with Crippen LogP contribution >= 0.6 is 11.6 Å². The average molecular weight is 647 g/mol. The van der Waals surface area contributed by atoms with Crippen LogP contribution in [0, 0.1) is 11.3 Å². The van der Waals surface area contributed by atoms with Crippen LogP contribution in [0.2, 0.25) is 5.15 Å². The third-order valence-electron chi connectivity index (χ3n) is 8.46. The maximum absolute atomic E-state index is 14.6. The van der Waals surface area contributed by atoms with Crippen LogP contribution in [0.15, 0.2) is 78.0 Å². The van der Waals surface area contributed by atoms with Crippen LogP contribution < -0.4 is 23.4 Å². The molecule has 11 nitrogen and oxygen atoms in total. The Kier molecular flexibility index (Phi) is 8.18. The monoisotopic (exact) mass is 646 g/mol. The fourth-order valence-electron chi connectivity index (χ4n) is 6.31. The van der Waals surface area contributed by atoms with E-state index in [1.165, 1.54) is 31.7 Å². The molecule has 0 amide bonds. The van der Waals surface area contributed by atoms with Crippen molar-refractivity contribution in [2.24, 2.45) is 0 Å². The molecule has 0 aliphatic carbocycles. The molecule has 4 aromatic rings. The van der Waals surface area contributed by atoms with Crippen LogP contribution in [0.1, 0.15) is 16.7 Å². The predicted octanol–water partition coefficient (Wildman–Crippen LogP) is 4.30. The van der Waals surface area contributed by atoms with E-state index < -0.39 is 15.6 Å². The number of nitriles is 1. The van der Waals surface area contributed by atoms with Crippen LogP contribution in [0.4, 0.5) is 11.4 Å². The summed E-state index contributed by atoms with van der Waals surface area (Å²) in [6.45, 7) is 2.47. The van der Waals surface area contributed by atoms with E-state index in [4.69, 9.17) is 25.8 Å². The number of rotatable bonds is 8. The normalized spacial score (nSPS) is 18.3. The topological polar surface area (TPSA) is 121 Å². The van der Waals surface area contributed by atoms with Crippen LogP contribution in [-0.2, 0) is 15.6 Å². The number of benzene rings is 2. The molecule has 45 heavy (non-hydrogen) atoms. The first-order valence-electron chi connectivity index (χ1n) is 14.2. The minimum Gasteiger partial charge on any atom is -0.497 e. The smallest absolute Gasteiger partial charge is 0.268 e. The zero-order valence-corrected chi connectivity index (χ0v) is 26.5. The van der Waals surface area contributed by atoms with Crippen molar-refractivity contribution in [1.29, 1.82) is 5.26 Å². The van der Waals surface area contributed by atoms with Gasteiger partial charge in [-0.3, -0.25) is 14.2 Å². The molecule has 0 spiro atoms. The molecule has 1 unspecified atom stereocenters. The summed E-state index contributed by atoms with van der Waals surface area (Å²) in [5, 5.41) is 10.2. The second-order valence-electron chi connectivity index (χ2n) is 10.6. The molecule has 2 aliphatic rings. The molecule has 0 saturated carbocycles. The fourth-order valence-corrected chi connectivity index (χ4v) is 8.10. The summed E-state index contributed by atoms with van der Waals surface area (Å²) in [6, 6.07) is 19.4. The summed E-state index contributed by atoms with van der Waals surface area (Å²) >= 11 is 6.32. The quantitative estimate of drug-likeness (QED) is 0.256. The number of fused-ring (bicyclic) bond motifs is 1. The molecule has 1 atom stereocenters. The van der Waals surface area contributed by atoms with Crippen molar-refractivity contribution in [2.45, 2.75) is 10.4 Å².